The molecule has 1 nitrogen and oxygen atoms in total. The van der Waals surface area contributed by atoms with Crippen LogP contribution in [0.25, 0.3) is 11.1 Å². The first-order valence-corrected chi connectivity index (χ1v) is 9.80. The van der Waals surface area contributed by atoms with E-state index in [1.807, 2.05) is 0 Å². The molecule has 0 amide bonds. The van der Waals surface area contributed by atoms with Crippen LogP contribution in [0.2, 0.25) is 0 Å². The molecule has 2 aliphatic rings. The van der Waals surface area contributed by atoms with Crippen LogP contribution in [0.3, 0.4) is 0 Å². The molecule has 0 saturated heterocycles. The third-order valence-electron chi connectivity index (χ3n) is 6.39. The Bertz CT molecular complexity index is 1270. The van der Waals surface area contributed by atoms with Crippen molar-refractivity contribution in [3.8, 4) is 22.6 Å². The summed E-state index contributed by atoms with van der Waals surface area (Å²) in [6, 6.07) is 30.5. The third-order valence-corrected chi connectivity index (χ3v) is 6.39. The number of aryl methyl sites for hydroxylation is 2. The summed E-state index contributed by atoms with van der Waals surface area (Å²) in [7, 11) is 0. The Labute approximate surface area is 165 Å². The molecule has 1 spiro atoms. The molecule has 1 aliphatic carbocycles. The summed E-state index contributed by atoms with van der Waals surface area (Å²) in [5, 5.41) is 0. The maximum absolute atomic E-state index is 6.41. The Kier molecular flexibility index (Phi) is 3.01. The molecule has 0 N–H and O–H groups in total. The van der Waals surface area contributed by atoms with Gasteiger partial charge in [-0.1, -0.05) is 72.8 Å². The summed E-state index contributed by atoms with van der Waals surface area (Å²) in [5.41, 5.74) is 10.2. The van der Waals surface area contributed by atoms with Crippen LogP contribution < -0.4 is 4.74 Å². The first kappa shape index (κ1) is 15.7. The smallest absolute Gasteiger partial charge is 0.132 e. The average molecular weight is 360 g/mol. The van der Waals surface area contributed by atoms with Gasteiger partial charge < -0.3 is 4.74 Å². The summed E-state index contributed by atoms with van der Waals surface area (Å²) in [5.74, 6) is 1.91. The van der Waals surface area contributed by atoms with Crippen molar-refractivity contribution in [1.29, 1.82) is 0 Å². The van der Waals surface area contributed by atoms with Crippen molar-refractivity contribution in [2.45, 2.75) is 19.3 Å². The molecule has 6 rings (SSSR count). The maximum Gasteiger partial charge on any atom is 0.132 e. The molecule has 0 bridgehead atoms. The van der Waals surface area contributed by atoms with E-state index in [1.54, 1.807) is 0 Å². The van der Waals surface area contributed by atoms with Crippen LogP contribution in [0, 0.1) is 13.8 Å². The second-order valence-corrected chi connectivity index (χ2v) is 7.84. The van der Waals surface area contributed by atoms with Crippen molar-refractivity contribution in [2.75, 3.05) is 0 Å². The lowest BCUT2D eigenvalue weighted by Crippen LogP contribution is -2.33. The van der Waals surface area contributed by atoms with Gasteiger partial charge in [0.2, 0.25) is 0 Å². The molecule has 0 aromatic heterocycles. The molecular formula is C27H20O. The van der Waals surface area contributed by atoms with Gasteiger partial charge in [0.05, 0.1) is 5.41 Å². The predicted molar refractivity (Wildman–Crippen MR) is 113 cm³/mol. The first-order chi connectivity index (χ1) is 13.7. The first-order valence-electron chi connectivity index (χ1n) is 9.80. The highest BCUT2D eigenvalue weighted by Crippen LogP contribution is 2.63. The van der Waals surface area contributed by atoms with Gasteiger partial charge in [-0.3, -0.25) is 0 Å². The molecule has 4 aromatic carbocycles. The van der Waals surface area contributed by atoms with Crippen LogP contribution in [0.4, 0.5) is 0 Å². The van der Waals surface area contributed by atoms with Crippen LogP contribution in [0.5, 0.6) is 11.5 Å². The Morgan fingerprint density at radius 2 is 1.14 bits per heavy atom. The Morgan fingerprint density at radius 3 is 2.00 bits per heavy atom. The quantitative estimate of drug-likeness (QED) is 0.290. The van der Waals surface area contributed by atoms with E-state index in [1.165, 1.54) is 44.5 Å². The van der Waals surface area contributed by atoms with E-state index in [9.17, 15) is 0 Å². The zero-order chi connectivity index (χ0) is 18.9. The molecule has 0 saturated carbocycles. The highest BCUT2D eigenvalue weighted by Gasteiger charge is 2.52. The Balaban J connectivity index is 1.91. The number of hydrogen-bond donors (Lipinski definition) is 0. The van der Waals surface area contributed by atoms with Gasteiger partial charge >= 0.3 is 0 Å². The van der Waals surface area contributed by atoms with Gasteiger partial charge in [-0.25, -0.2) is 0 Å². The summed E-state index contributed by atoms with van der Waals surface area (Å²) in [6.07, 6.45) is 0. The lowest BCUT2D eigenvalue weighted by atomic mass is 9.64. The average Bonchev–Trinajstić information content (AvgIpc) is 3.01. The number of fused-ring (bicyclic) bond motifs is 9. The van der Waals surface area contributed by atoms with Crippen LogP contribution in [0.15, 0.2) is 84.9 Å². The van der Waals surface area contributed by atoms with Crippen LogP contribution in [-0.4, -0.2) is 0 Å². The van der Waals surface area contributed by atoms with Gasteiger partial charge in [-0.2, -0.15) is 0 Å². The zero-order valence-corrected chi connectivity index (χ0v) is 16.0. The van der Waals surface area contributed by atoms with Gasteiger partial charge in [-0.15, -0.1) is 0 Å². The Hall–Kier alpha value is -3.32. The van der Waals surface area contributed by atoms with Crippen LogP contribution >= 0.6 is 0 Å². The van der Waals surface area contributed by atoms with Crippen molar-refractivity contribution in [3.63, 3.8) is 0 Å². The van der Waals surface area contributed by atoms with E-state index in [0.717, 1.165) is 11.5 Å². The summed E-state index contributed by atoms with van der Waals surface area (Å²) in [4.78, 5) is 0. The molecule has 1 heteroatoms. The molecule has 1 aliphatic heterocycles. The van der Waals surface area contributed by atoms with Crippen molar-refractivity contribution in [1.82, 2.24) is 0 Å². The minimum atomic E-state index is -0.340. The lowest BCUT2D eigenvalue weighted by Gasteiger charge is -2.41. The molecular weight excluding hydrogens is 340 g/mol. The second-order valence-electron chi connectivity index (χ2n) is 7.84. The molecule has 1 atom stereocenters. The van der Waals surface area contributed by atoms with E-state index in [4.69, 9.17) is 4.74 Å². The highest BCUT2D eigenvalue weighted by molar-refractivity contribution is 5.89. The molecule has 28 heavy (non-hydrogen) atoms. The molecule has 0 radical (unpaired) electrons. The number of ether oxygens (including phenoxy) is 1. The standard InChI is InChI=1S/C27H20O/c1-17-9-7-12-20-19-11-3-4-13-21(19)27(25(17)20)22-14-5-6-15-23(22)28-24-16-8-10-18(2)26(24)27/h3-16H,1-2H3. The van der Waals surface area contributed by atoms with Crippen molar-refractivity contribution < 1.29 is 4.74 Å². The van der Waals surface area contributed by atoms with Crippen LogP contribution in [0.1, 0.15) is 33.4 Å². The summed E-state index contributed by atoms with van der Waals surface area (Å²) >= 11 is 0. The van der Waals surface area contributed by atoms with E-state index >= 15 is 0 Å². The molecule has 1 heterocycles. The predicted octanol–water partition coefficient (Wildman–Crippen LogP) is 6.77. The highest BCUT2D eigenvalue weighted by atomic mass is 16.5. The zero-order valence-electron chi connectivity index (χ0n) is 16.0. The normalized spacial score (nSPS) is 18.1. The number of para-hydroxylation sites is 1. The van der Waals surface area contributed by atoms with Crippen molar-refractivity contribution in [3.05, 3.63) is 118 Å². The fourth-order valence-electron chi connectivity index (χ4n) is 5.43. The molecule has 1 unspecified atom stereocenters. The number of hydrogen-bond acceptors (Lipinski definition) is 1. The lowest BCUT2D eigenvalue weighted by molar-refractivity contribution is 0.435. The van der Waals surface area contributed by atoms with E-state index < -0.39 is 0 Å². The molecule has 4 aromatic rings. The maximum atomic E-state index is 6.41. The van der Waals surface area contributed by atoms with Gasteiger partial charge in [-0.05, 0) is 59.4 Å². The van der Waals surface area contributed by atoms with Gasteiger partial charge in [0.25, 0.3) is 0 Å². The third kappa shape index (κ3) is 1.72. The monoisotopic (exact) mass is 360 g/mol. The minimum absolute atomic E-state index is 0.340. The van der Waals surface area contributed by atoms with Gasteiger partial charge in [0, 0.05) is 11.1 Å². The van der Waals surface area contributed by atoms with E-state index in [0.29, 0.717) is 0 Å². The fraction of sp³-hybridized carbons (Fsp3) is 0.111. The molecule has 134 valence electrons. The van der Waals surface area contributed by atoms with E-state index in [-0.39, 0.29) is 5.41 Å². The molecule has 0 fully saturated rings. The number of rotatable bonds is 0. The second kappa shape index (κ2) is 5.36. The van der Waals surface area contributed by atoms with Crippen molar-refractivity contribution >= 4 is 0 Å². The summed E-state index contributed by atoms with van der Waals surface area (Å²) in [6.45, 7) is 4.44. The topological polar surface area (TPSA) is 9.23 Å². The minimum Gasteiger partial charge on any atom is -0.457 e. The largest absolute Gasteiger partial charge is 0.457 e. The van der Waals surface area contributed by atoms with Gasteiger partial charge in [0.15, 0.2) is 0 Å². The van der Waals surface area contributed by atoms with Crippen molar-refractivity contribution in [2.24, 2.45) is 0 Å². The van der Waals surface area contributed by atoms with Gasteiger partial charge in [0.1, 0.15) is 11.5 Å². The number of benzene rings is 4. The van der Waals surface area contributed by atoms with Crippen LogP contribution in [-0.2, 0) is 5.41 Å². The van der Waals surface area contributed by atoms with E-state index in [2.05, 4.69) is 98.8 Å². The Morgan fingerprint density at radius 1 is 0.536 bits per heavy atom. The summed E-state index contributed by atoms with van der Waals surface area (Å²) < 4.78 is 6.41. The fourth-order valence-corrected chi connectivity index (χ4v) is 5.43. The SMILES string of the molecule is Cc1cccc2c1C1(c3ccccc3O2)c2ccccc2-c2cccc(C)c21.